The predicted octanol–water partition coefficient (Wildman–Crippen LogP) is 17.2. The Labute approximate surface area is 382 Å². The smallest absolute Gasteiger partial charge is 0.140 e. The van der Waals surface area contributed by atoms with Gasteiger partial charge in [0.15, 0.2) is 0 Å². The molecule has 0 N–H and O–H groups in total. The quantitative estimate of drug-likeness (QED) is 0.173. The van der Waals surface area contributed by atoms with E-state index in [1.165, 1.54) is 27.8 Å². The van der Waals surface area contributed by atoms with E-state index in [-0.39, 0.29) is 0 Å². The summed E-state index contributed by atoms with van der Waals surface area (Å²) in [6, 6.07) is 85.7. The molecule has 12 aromatic rings. The van der Waals surface area contributed by atoms with Crippen LogP contribution in [0.5, 0.6) is 11.5 Å². The third-order valence-corrected chi connectivity index (χ3v) is 14.1. The fraction of sp³-hybridized carbons (Fsp3) is 0.0159. The van der Waals surface area contributed by atoms with Crippen LogP contribution in [0, 0.1) is 0 Å². The highest BCUT2D eigenvalue weighted by Gasteiger charge is 2.52. The first-order chi connectivity index (χ1) is 32.7. The summed E-state index contributed by atoms with van der Waals surface area (Å²) in [5.74, 6) is 1.84. The summed E-state index contributed by atoms with van der Waals surface area (Å²) in [6.07, 6.45) is 0. The van der Waals surface area contributed by atoms with E-state index in [0.717, 1.165) is 99.9 Å². The standard InChI is InChI=1S/C63H39NO2/c1-2-15-40(16-3-1)43-19-14-20-45(37-43)64(46-32-33-52-51-25-10-13-28-59(51)65-60(52)39-46)58-27-12-9-21-47(58)44-31-34-55-53(38-44)50-24-8-11-26-54(50)63(55)56-35-29-41-17-4-6-22-48(41)61(56)66-62-49-23-7-5-18-42(49)30-36-57(62)63/h1-39H. The van der Waals surface area contributed by atoms with Crippen molar-refractivity contribution in [1.29, 1.82) is 0 Å². The van der Waals surface area contributed by atoms with Crippen molar-refractivity contribution in [2.24, 2.45) is 0 Å². The second kappa shape index (κ2) is 14.2. The first-order valence-electron chi connectivity index (χ1n) is 22.7. The second-order valence-corrected chi connectivity index (χ2v) is 17.5. The first kappa shape index (κ1) is 36.8. The molecular weight excluding hydrogens is 803 g/mol. The van der Waals surface area contributed by atoms with Crippen molar-refractivity contribution in [3.8, 4) is 44.9 Å². The average Bonchev–Trinajstić information content (AvgIpc) is 3.90. The molecule has 308 valence electrons. The van der Waals surface area contributed by atoms with Gasteiger partial charge in [0.05, 0.1) is 11.1 Å². The molecule has 0 fully saturated rings. The van der Waals surface area contributed by atoms with Crippen LogP contribution in [-0.2, 0) is 5.41 Å². The highest BCUT2D eigenvalue weighted by molar-refractivity contribution is 6.07. The number of rotatable bonds is 5. The number of anilines is 3. The van der Waals surface area contributed by atoms with E-state index in [1.54, 1.807) is 0 Å². The molecule has 1 aromatic heterocycles. The molecule has 0 radical (unpaired) electrons. The van der Waals surface area contributed by atoms with Crippen molar-refractivity contribution in [3.05, 3.63) is 259 Å². The number of benzene rings is 11. The maximum absolute atomic E-state index is 7.21. The predicted molar refractivity (Wildman–Crippen MR) is 272 cm³/mol. The minimum absolute atomic E-state index is 0.618. The Balaban J connectivity index is 1.00. The van der Waals surface area contributed by atoms with Crippen LogP contribution < -0.4 is 9.64 Å². The van der Waals surface area contributed by atoms with Crippen molar-refractivity contribution in [2.75, 3.05) is 4.90 Å². The zero-order chi connectivity index (χ0) is 43.3. The highest BCUT2D eigenvalue weighted by atomic mass is 16.5. The van der Waals surface area contributed by atoms with Crippen LogP contribution in [0.3, 0.4) is 0 Å². The number of hydrogen-bond donors (Lipinski definition) is 0. The maximum Gasteiger partial charge on any atom is 0.140 e. The third kappa shape index (κ3) is 5.26. The molecule has 3 nitrogen and oxygen atoms in total. The SMILES string of the molecule is c1ccc(-c2cccc(N(c3ccc4c(c3)oc3ccccc34)c3ccccc3-c3ccc4c(c3)-c3ccccc3C43c4ccc5ccccc5c4Oc4c3ccc3ccccc43)c2)cc1. The number of furan rings is 1. The van der Waals surface area contributed by atoms with Gasteiger partial charge in [-0.15, -0.1) is 0 Å². The minimum Gasteiger partial charge on any atom is -0.456 e. The summed E-state index contributed by atoms with van der Waals surface area (Å²) in [5, 5.41) is 6.76. The molecule has 0 amide bonds. The van der Waals surface area contributed by atoms with Gasteiger partial charge in [-0.2, -0.15) is 0 Å². The van der Waals surface area contributed by atoms with Crippen LogP contribution in [0.25, 0.3) is 76.9 Å². The van der Waals surface area contributed by atoms with Gasteiger partial charge < -0.3 is 14.1 Å². The maximum atomic E-state index is 7.21. The lowest BCUT2D eigenvalue weighted by atomic mass is 9.65. The lowest BCUT2D eigenvalue weighted by Gasteiger charge is -2.40. The van der Waals surface area contributed by atoms with Gasteiger partial charge in [-0.05, 0) is 92.2 Å². The summed E-state index contributed by atoms with van der Waals surface area (Å²) in [5.41, 5.74) is 16.1. The Morgan fingerprint density at radius 2 is 0.909 bits per heavy atom. The van der Waals surface area contributed by atoms with E-state index in [4.69, 9.17) is 9.15 Å². The van der Waals surface area contributed by atoms with Crippen LogP contribution in [0.2, 0.25) is 0 Å². The van der Waals surface area contributed by atoms with Gasteiger partial charge in [0.2, 0.25) is 0 Å². The van der Waals surface area contributed by atoms with Gasteiger partial charge in [0.25, 0.3) is 0 Å². The summed E-state index contributed by atoms with van der Waals surface area (Å²) >= 11 is 0. The van der Waals surface area contributed by atoms with Gasteiger partial charge in [-0.1, -0.05) is 188 Å². The summed E-state index contributed by atoms with van der Waals surface area (Å²) < 4.78 is 13.7. The molecule has 0 bridgehead atoms. The minimum atomic E-state index is -0.618. The molecule has 11 aromatic carbocycles. The zero-order valence-electron chi connectivity index (χ0n) is 35.8. The molecule has 1 spiro atoms. The largest absolute Gasteiger partial charge is 0.456 e. The van der Waals surface area contributed by atoms with Crippen molar-refractivity contribution in [3.63, 3.8) is 0 Å². The molecule has 66 heavy (non-hydrogen) atoms. The molecule has 1 aliphatic carbocycles. The van der Waals surface area contributed by atoms with E-state index in [2.05, 4.69) is 229 Å². The van der Waals surface area contributed by atoms with Gasteiger partial charge in [0, 0.05) is 55.7 Å². The monoisotopic (exact) mass is 841 g/mol. The highest BCUT2D eigenvalue weighted by Crippen LogP contribution is 2.64. The number of nitrogens with zero attached hydrogens (tertiary/aromatic N) is 1. The van der Waals surface area contributed by atoms with Crippen molar-refractivity contribution in [2.45, 2.75) is 5.41 Å². The molecule has 0 unspecified atom stereocenters. The number of para-hydroxylation sites is 2. The summed E-state index contributed by atoms with van der Waals surface area (Å²) in [6.45, 7) is 0. The molecule has 14 rings (SSSR count). The molecule has 2 heterocycles. The molecule has 0 saturated carbocycles. The zero-order valence-corrected chi connectivity index (χ0v) is 35.8. The third-order valence-electron chi connectivity index (χ3n) is 14.1. The van der Waals surface area contributed by atoms with Crippen LogP contribution in [0.4, 0.5) is 17.1 Å². The Kier molecular flexibility index (Phi) is 7.90. The first-order valence-corrected chi connectivity index (χ1v) is 22.7. The lowest BCUT2D eigenvalue weighted by Crippen LogP contribution is -2.32. The molecule has 3 heteroatoms. The Hall–Kier alpha value is -8.66. The van der Waals surface area contributed by atoms with E-state index in [0.29, 0.717) is 0 Å². The van der Waals surface area contributed by atoms with Gasteiger partial charge in [-0.3, -0.25) is 0 Å². The van der Waals surface area contributed by atoms with Crippen molar-refractivity contribution in [1.82, 2.24) is 0 Å². The van der Waals surface area contributed by atoms with Gasteiger partial charge in [-0.25, -0.2) is 0 Å². The fourth-order valence-electron chi connectivity index (χ4n) is 11.2. The van der Waals surface area contributed by atoms with E-state index in [1.807, 2.05) is 12.1 Å². The number of hydrogen-bond acceptors (Lipinski definition) is 3. The molecule has 1 aliphatic heterocycles. The van der Waals surface area contributed by atoms with Crippen LogP contribution in [0.1, 0.15) is 22.3 Å². The average molecular weight is 842 g/mol. The molecular formula is C63H39NO2. The normalized spacial score (nSPS) is 13.1. The van der Waals surface area contributed by atoms with Gasteiger partial charge in [0.1, 0.15) is 22.7 Å². The molecule has 0 atom stereocenters. The van der Waals surface area contributed by atoms with Crippen LogP contribution in [0.15, 0.2) is 241 Å². The second-order valence-electron chi connectivity index (χ2n) is 17.5. The number of ether oxygens (including phenoxy) is 1. The van der Waals surface area contributed by atoms with Crippen LogP contribution in [-0.4, -0.2) is 0 Å². The Morgan fingerprint density at radius 3 is 1.70 bits per heavy atom. The van der Waals surface area contributed by atoms with Gasteiger partial charge >= 0.3 is 0 Å². The Morgan fingerprint density at radius 1 is 0.318 bits per heavy atom. The van der Waals surface area contributed by atoms with E-state index < -0.39 is 5.41 Å². The molecule has 0 saturated heterocycles. The summed E-state index contributed by atoms with van der Waals surface area (Å²) in [7, 11) is 0. The van der Waals surface area contributed by atoms with Crippen LogP contribution >= 0.6 is 0 Å². The van der Waals surface area contributed by atoms with E-state index >= 15 is 0 Å². The fourth-order valence-corrected chi connectivity index (χ4v) is 11.2. The topological polar surface area (TPSA) is 25.6 Å². The summed E-state index contributed by atoms with van der Waals surface area (Å²) in [4.78, 5) is 2.39. The van der Waals surface area contributed by atoms with E-state index in [9.17, 15) is 0 Å². The molecule has 2 aliphatic rings. The number of fused-ring (bicyclic) bond motifs is 16. The van der Waals surface area contributed by atoms with Crippen molar-refractivity contribution >= 4 is 60.5 Å². The Bertz CT molecular complexity index is 3850. The van der Waals surface area contributed by atoms with Crippen molar-refractivity contribution < 1.29 is 9.15 Å². The lowest BCUT2D eigenvalue weighted by molar-refractivity contribution is 0.447.